The number of hydrogen-bond acceptors (Lipinski definition) is 7. The second-order valence-corrected chi connectivity index (χ2v) is 5.98. The third-order valence-electron chi connectivity index (χ3n) is 4.51. The fraction of sp³-hybridized carbons (Fsp3) is 0.100. The van der Waals surface area contributed by atoms with Crippen molar-refractivity contribution in [2.75, 3.05) is 7.11 Å². The summed E-state index contributed by atoms with van der Waals surface area (Å²) in [6, 6.07) is 13.5. The molecule has 7 nitrogen and oxygen atoms in total. The van der Waals surface area contributed by atoms with Crippen molar-refractivity contribution in [3.63, 3.8) is 0 Å². The Bertz CT molecular complexity index is 1200. The molecule has 0 amide bonds. The Kier molecular flexibility index (Phi) is 3.74. The fourth-order valence-electron chi connectivity index (χ4n) is 3.29. The summed E-state index contributed by atoms with van der Waals surface area (Å²) in [5, 5.41) is 20.3. The van der Waals surface area contributed by atoms with E-state index in [1.807, 2.05) is 6.07 Å². The largest absolute Gasteiger partial charge is 0.504 e. The predicted molar refractivity (Wildman–Crippen MR) is 96.4 cm³/mol. The molecule has 7 heteroatoms. The van der Waals surface area contributed by atoms with E-state index in [2.05, 4.69) is 0 Å². The Morgan fingerprint density at radius 2 is 2.04 bits per heavy atom. The molecule has 27 heavy (non-hydrogen) atoms. The van der Waals surface area contributed by atoms with E-state index in [-0.39, 0.29) is 34.3 Å². The highest BCUT2D eigenvalue weighted by Crippen LogP contribution is 2.44. The number of rotatable bonds is 2. The van der Waals surface area contributed by atoms with Crippen LogP contribution in [0.1, 0.15) is 17.0 Å². The summed E-state index contributed by atoms with van der Waals surface area (Å²) < 4.78 is 16.1. The normalized spacial score (nSPS) is 15.8. The maximum atomic E-state index is 12.7. The van der Waals surface area contributed by atoms with Gasteiger partial charge in [-0.15, -0.1) is 0 Å². The minimum Gasteiger partial charge on any atom is -0.504 e. The van der Waals surface area contributed by atoms with Gasteiger partial charge in [-0.05, 0) is 29.8 Å². The van der Waals surface area contributed by atoms with Crippen LogP contribution in [0.15, 0.2) is 63.1 Å². The smallest absolute Gasteiger partial charge is 0.344 e. The van der Waals surface area contributed by atoms with Crippen LogP contribution in [0.25, 0.3) is 11.0 Å². The lowest BCUT2D eigenvalue weighted by molar-refractivity contribution is 0.372. The highest BCUT2D eigenvalue weighted by atomic mass is 16.5. The molecule has 0 spiro atoms. The van der Waals surface area contributed by atoms with E-state index in [1.165, 1.54) is 13.2 Å². The highest BCUT2D eigenvalue weighted by Gasteiger charge is 2.35. The molecule has 0 unspecified atom stereocenters. The summed E-state index contributed by atoms with van der Waals surface area (Å²) in [6.45, 7) is 0. The molecule has 134 valence electrons. The van der Waals surface area contributed by atoms with E-state index < -0.39 is 11.5 Å². The van der Waals surface area contributed by atoms with Crippen molar-refractivity contribution in [2.24, 2.45) is 5.73 Å². The van der Waals surface area contributed by atoms with Gasteiger partial charge in [0.15, 0.2) is 17.2 Å². The Hall–Kier alpha value is -3.92. The molecule has 0 bridgehead atoms. The number of phenols is 1. The number of methoxy groups -OCH3 is 1. The zero-order valence-corrected chi connectivity index (χ0v) is 14.2. The van der Waals surface area contributed by atoms with Crippen molar-refractivity contribution in [3.05, 3.63) is 75.5 Å². The van der Waals surface area contributed by atoms with E-state index in [4.69, 9.17) is 19.6 Å². The minimum absolute atomic E-state index is 0.0645. The molecule has 3 aromatic rings. The lowest BCUT2D eigenvalue weighted by Crippen LogP contribution is -2.26. The monoisotopic (exact) mass is 362 g/mol. The summed E-state index contributed by atoms with van der Waals surface area (Å²) >= 11 is 0. The first-order valence-electron chi connectivity index (χ1n) is 8.05. The first-order chi connectivity index (χ1) is 13.0. The number of phenolic OH excluding ortho intramolecular Hbond substituents is 1. The SMILES string of the molecule is COc1ccc([C@H]2C(C#N)=C(N)Oc3c2c(=O)oc2ccccc32)cc1O. The molecular formula is C20H14N2O5. The van der Waals surface area contributed by atoms with E-state index in [0.29, 0.717) is 16.5 Å². The molecule has 0 saturated carbocycles. The van der Waals surface area contributed by atoms with Gasteiger partial charge in [0, 0.05) is 0 Å². The number of fused-ring (bicyclic) bond motifs is 3. The van der Waals surface area contributed by atoms with Gasteiger partial charge < -0.3 is 24.7 Å². The van der Waals surface area contributed by atoms with Crippen LogP contribution in [0.4, 0.5) is 0 Å². The van der Waals surface area contributed by atoms with Crippen LogP contribution < -0.4 is 20.8 Å². The first kappa shape index (κ1) is 16.5. The van der Waals surface area contributed by atoms with E-state index in [1.54, 1.807) is 36.4 Å². The van der Waals surface area contributed by atoms with E-state index in [9.17, 15) is 15.2 Å². The minimum atomic E-state index is -0.837. The third-order valence-corrected chi connectivity index (χ3v) is 4.51. The number of nitrogens with zero attached hydrogens (tertiary/aromatic N) is 1. The average Bonchev–Trinajstić information content (AvgIpc) is 2.67. The lowest BCUT2D eigenvalue weighted by atomic mass is 9.83. The van der Waals surface area contributed by atoms with Gasteiger partial charge in [-0.1, -0.05) is 18.2 Å². The molecular weight excluding hydrogens is 348 g/mol. The number of nitrogens with two attached hydrogens (primary N) is 1. The molecule has 4 rings (SSSR count). The van der Waals surface area contributed by atoms with E-state index >= 15 is 0 Å². The highest BCUT2D eigenvalue weighted by molar-refractivity contribution is 5.86. The topological polar surface area (TPSA) is 119 Å². The Balaban J connectivity index is 2.05. The molecule has 3 N–H and O–H groups in total. The summed E-state index contributed by atoms with van der Waals surface area (Å²) in [5.41, 5.74) is 6.41. The number of allylic oxidation sites excluding steroid dienone is 1. The Morgan fingerprint density at radius 3 is 2.74 bits per heavy atom. The Labute approximate surface area is 153 Å². The standard InChI is InChI=1S/C20H14N2O5/c1-25-15-7-6-10(8-13(15)23)16-12(9-21)19(22)27-18-11-4-2-3-5-14(11)26-20(24)17(16)18/h2-8,16,23H,22H2,1H3/t16-/m0/s1. The summed E-state index contributed by atoms with van der Waals surface area (Å²) in [6.07, 6.45) is 0. The molecule has 0 aliphatic carbocycles. The van der Waals surface area contributed by atoms with Gasteiger partial charge in [0.2, 0.25) is 5.88 Å². The van der Waals surface area contributed by atoms with Crippen molar-refractivity contribution in [1.29, 1.82) is 5.26 Å². The van der Waals surface area contributed by atoms with Crippen LogP contribution in [0, 0.1) is 11.3 Å². The van der Waals surface area contributed by atoms with Gasteiger partial charge in [-0.2, -0.15) is 5.26 Å². The quantitative estimate of drug-likeness (QED) is 0.673. The first-order valence-corrected chi connectivity index (χ1v) is 8.05. The fourth-order valence-corrected chi connectivity index (χ4v) is 3.29. The molecule has 0 fully saturated rings. The molecule has 2 aromatic carbocycles. The molecule has 0 saturated heterocycles. The van der Waals surface area contributed by atoms with Crippen molar-refractivity contribution >= 4 is 11.0 Å². The second kappa shape index (κ2) is 6.11. The average molecular weight is 362 g/mol. The summed E-state index contributed by atoms with van der Waals surface area (Å²) in [5.74, 6) is -0.535. The number of hydrogen-bond donors (Lipinski definition) is 2. The zero-order valence-electron chi connectivity index (χ0n) is 14.2. The van der Waals surface area contributed by atoms with Crippen LogP contribution >= 0.6 is 0 Å². The molecule has 1 aliphatic heterocycles. The maximum Gasteiger partial charge on any atom is 0.344 e. The number of nitriles is 1. The van der Waals surface area contributed by atoms with Gasteiger partial charge in [0.25, 0.3) is 0 Å². The van der Waals surface area contributed by atoms with Crippen molar-refractivity contribution in [3.8, 4) is 23.3 Å². The van der Waals surface area contributed by atoms with Crippen molar-refractivity contribution in [1.82, 2.24) is 0 Å². The van der Waals surface area contributed by atoms with Gasteiger partial charge in [-0.25, -0.2) is 4.79 Å². The Morgan fingerprint density at radius 1 is 1.26 bits per heavy atom. The summed E-state index contributed by atoms with van der Waals surface area (Å²) in [7, 11) is 1.43. The molecule has 2 heterocycles. The van der Waals surface area contributed by atoms with Crippen LogP contribution in [-0.4, -0.2) is 12.2 Å². The van der Waals surface area contributed by atoms with Gasteiger partial charge in [0.05, 0.1) is 24.0 Å². The number of ether oxygens (including phenoxy) is 2. The lowest BCUT2D eigenvalue weighted by Gasteiger charge is -2.26. The van der Waals surface area contributed by atoms with Crippen molar-refractivity contribution in [2.45, 2.75) is 5.92 Å². The van der Waals surface area contributed by atoms with Gasteiger partial charge >= 0.3 is 5.63 Å². The number of aromatic hydroxyl groups is 1. The van der Waals surface area contributed by atoms with Gasteiger partial charge in [-0.3, -0.25) is 0 Å². The number of benzene rings is 2. The molecule has 1 aliphatic rings. The maximum absolute atomic E-state index is 12.7. The third kappa shape index (κ3) is 2.47. The summed E-state index contributed by atoms with van der Waals surface area (Å²) in [4.78, 5) is 12.7. The number of para-hydroxylation sites is 1. The van der Waals surface area contributed by atoms with Crippen molar-refractivity contribution < 1.29 is 19.0 Å². The molecule has 0 radical (unpaired) electrons. The van der Waals surface area contributed by atoms with Gasteiger partial charge in [0.1, 0.15) is 17.2 Å². The second-order valence-electron chi connectivity index (χ2n) is 5.98. The predicted octanol–water partition coefficient (Wildman–Crippen LogP) is 2.73. The zero-order chi connectivity index (χ0) is 19.1. The molecule has 1 aromatic heterocycles. The van der Waals surface area contributed by atoms with Crippen LogP contribution in [0.5, 0.6) is 17.2 Å². The molecule has 1 atom stereocenters. The van der Waals surface area contributed by atoms with Crippen LogP contribution in [-0.2, 0) is 0 Å². The van der Waals surface area contributed by atoms with E-state index in [0.717, 1.165) is 0 Å². The van der Waals surface area contributed by atoms with Crippen LogP contribution in [0.3, 0.4) is 0 Å². The van der Waals surface area contributed by atoms with Crippen LogP contribution in [0.2, 0.25) is 0 Å².